The number of pyridine rings is 1. The van der Waals surface area contributed by atoms with Crippen molar-refractivity contribution in [3.8, 4) is 0 Å². The summed E-state index contributed by atoms with van der Waals surface area (Å²) in [5, 5.41) is 4.10. The number of amides is 1. The van der Waals surface area contributed by atoms with Gasteiger partial charge in [-0.3, -0.25) is 19.6 Å². The van der Waals surface area contributed by atoms with Crippen LogP contribution in [-0.4, -0.2) is 52.4 Å². The quantitative estimate of drug-likeness (QED) is 0.465. The number of piperidine rings is 2. The molecule has 1 amide bonds. The molecule has 2 fully saturated rings. The monoisotopic (exact) mass is 488 g/mol. The minimum absolute atomic E-state index is 0.00670. The number of hydrogen-bond donors (Lipinski definition) is 1. The highest BCUT2D eigenvalue weighted by Gasteiger charge is 2.25. The molecule has 5 nitrogen and oxygen atoms in total. The van der Waals surface area contributed by atoms with Gasteiger partial charge in [0.25, 0.3) is 0 Å². The summed E-state index contributed by atoms with van der Waals surface area (Å²) in [5.74, 6) is 0.246. The molecule has 3 heterocycles. The first kappa shape index (κ1) is 24.8. The van der Waals surface area contributed by atoms with Gasteiger partial charge in [-0.25, -0.2) is 4.39 Å². The predicted octanol–water partition coefficient (Wildman–Crippen LogP) is 5.95. The highest BCUT2D eigenvalue weighted by molar-refractivity contribution is 5.94. The number of nitrogens with zero attached hydrogens (tertiary/aromatic N) is 3. The van der Waals surface area contributed by atoms with Crippen molar-refractivity contribution in [2.75, 3.05) is 25.0 Å². The molecule has 0 aliphatic carbocycles. The second-order valence-electron chi connectivity index (χ2n) is 10.7. The average Bonchev–Trinajstić information content (AvgIpc) is 2.87. The standard InChI is InChI=1S/C30H37FN4O/c1-21-4-3-5-22(2)35(21)19-28-11-8-25-18-27(12-13-29(25)32-28)33-30(36)20-34-16-14-24(15-17-34)23-6-9-26(31)10-7-23/h6-13,18,21-22,24H,3-5,14-17,19-20H2,1-2H3,(H,33,36)/t21-,22+. The van der Waals surface area contributed by atoms with Gasteiger partial charge in [0, 0.05) is 29.7 Å². The summed E-state index contributed by atoms with van der Waals surface area (Å²) >= 11 is 0. The molecule has 0 radical (unpaired) electrons. The molecule has 6 heteroatoms. The fourth-order valence-corrected chi connectivity index (χ4v) is 5.87. The third-order valence-electron chi connectivity index (χ3n) is 8.05. The van der Waals surface area contributed by atoms with Gasteiger partial charge >= 0.3 is 0 Å². The first-order chi connectivity index (χ1) is 17.4. The van der Waals surface area contributed by atoms with Crippen molar-refractivity contribution in [2.45, 2.75) is 70.5 Å². The van der Waals surface area contributed by atoms with Crippen LogP contribution in [-0.2, 0) is 11.3 Å². The van der Waals surface area contributed by atoms with E-state index in [9.17, 15) is 9.18 Å². The molecule has 2 aliphatic heterocycles. The van der Waals surface area contributed by atoms with Crippen LogP contribution in [0, 0.1) is 5.82 Å². The second-order valence-corrected chi connectivity index (χ2v) is 10.7. The van der Waals surface area contributed by atoms with E-state index < -0.39 is 0 Å². The van der Waals surface area contributed by atoms with Crippen LogP contribution in [0.15, 0.2) is 54.6 Å². The lowest BCUT2D eigenvalue weighted by atomic mass is 9.89. The molecule has 2 aliphatic rings. The molecular weight excluding hydrogens is 451 g/mol. The number of fused-ring (bicyclic) bond motifs is 1. The molecular formula is C30H37FN4O. The van der Waals surface area contributed by atoms with Crippen LogP contribution >= 0.6 is 0 Å². The molecule has 190 valence electrons. The number of likely N-dealkylation sites (tertiary alicyclic amines) is 2. The van der Waals surface area contributed by atoms with Crippen LogP contribution in [0.4, 0.5) is 10.1 Å². The molecule has 0 bridgehead atoms. The van der Waals surface area contributed by atoms with Gasteiger partial charge in [-0.05, 0) is 100 Å². The number of hydrogen-bond acceptors (Lipinski definition) is 4. The Bertz CT molecular complexity index is 1180. The van der Waals surface area contributed by atoms with E-state index in [1.165, 1.54) is 37.0 Å². The lowest BCUT2D eigenvalue weighted by molar-refractivity contribution is -0.117. The maximum atomic E-state index is 13.2. The van der Waals surface area contributed by atoms with E-state index in [1.807, 2.05) is 30.3 Å². The van der Waals surface area contributed by atoms with Crippen LogP contribution in [0.25, 0.3) is 10.9 Å². The summed E-state index contributed by atoms with van der Waals surface area (Å²) in [6.45, 7) is 7.65. The van der Waals surface area contributed by atoms with Crippen molar-refractivity contribution in [2.24, 2.45) is 0 Å². The van der Waals surface area contributed by atoms with E-state index in [4.69, 9.17) is 4.98 Å². The molecule has 0 saturated carbocycles. The van der Waals surface area contributed by atoms with Crippen molar-refractivity contribution in [1.29, 1.82) is 0 Å². The van der Waals surface area contributed by atoms with E-state index in [0.29, 0.717) is 24.5 Å². The van der Waals surface area contributed by atoms with Crippen molar-refractivity contribution >= 4 is 22.5 Å². The number of carbonyl (C=O) groups is 1. The molecule has 2 saturated heterocycles. The van der Waals surface area contributed by atoms with Crippen molar-refractivity contribution in [3.63, 3.8) is 0 Å². The van der Waals surface area contributed by atoms with Gasteiger partial charge in [0.1, 0.15) is 5.82 Å². The van der Waals surface area contributed by atoms with Gasteiger partial charge < -0.3 is 5.32 Å². The summed E-state index contributed by atoms with van der Waals surface area (Å²) in [4.78, 5) is 22.4. The van der Waals surface area contributed by atoms with Gasteiger partial charge in [0.05, 0.1) is 17.8 Å². The largest absolute Gasteiger partial charge is 0.325 e. The number of rotatable bonds is 6. The fraction of sp³-hybridized carbons (Fsp3) is 0.467. The average molecular weight is 489 g/mol. The summed E-state index contributed by atoms with van der Waals surface area (Å²) in [5.41, 5.74) is 4.06. The van der Waals surface area contributed by atoms with Crippen LogP contribution in [0.2, 0.25) is 0 Å². The molecule has 0 spiro atoms. The van der Waals surface area contributed by atoms with Crippen LogP contribution in [0.1, 0.15) is 63.1 Å². The van der Waals surface area contributed by atoms with Gasteiger partial charge in [-0.15, -0.1) is 0 Å². The fourth-order valence-electron chi connectivity index (χ4n) is 5.87. The molecule has 3 aromatic rings. The summed E-state index contributed by atoms with van der Waals surface area (Å²) in [6, 6.07) is 18.2. The van der Waals surface area contributed by atoms with Crippen molar-refractivity contribution in [3.05, 3.63) is 71.7 Å². The lowest BCUT2D eigenvalue weighted by Gasteiger charge is -2.38. The summed E-state index contributed by atoms with van der Waals surface area (Å²) in [7, 11) is 0. The van der Waals surface area contributed by atoms with Gasteiger partial charge in [-0.1, -0.05) is 24.6 Å². The van der Waals surface area contributed by atoms with Crippen molar-refractivity contribution < 1.29 is 9.18 Å². The highest BCUT2D eigenvalue weighted by Crippen LogP contribution is 2.28. The maximum Gasteiger partial charge on any atom is 0.238 e. The Morgan fingerprint density at radius 2 is 1.69 bits per heavy atom. The van der Waals surface area contributed by atoms with E-state index in [2.05, 4.69) is 41.1 Å². The van der Waals surface area contributed by atoms with Crippen LogP contribution < -0.4 is 5.32 Å². The predicted molar refractivity (Wildman–Crippen MR) is 144 cm³/mol. The van der Waals surface area contributed by atoms with E-state index in [1.54, 1.807) is 0 Å². The zero-order chi connectivity index (χ0) is 25.1. The lowest BCUT2D eigenvalue weighted by Crippen LogP contribution is -2.43. The first-order valence-electron chi connectivity index (χ1n) is 13.4. The van der Waals surface area contributed by atoms with E-state index >= 15 is 0 Å². The molecule has 0 unspecified atom stereocenters. The topological polar surface area (TPSA) is 48.5 Å². The van der Waals surface area contributed by atoms with E-state index in [0.717, 1.165) is 54.8 Å². The molecule has 5 rings (SSSR count). The Hall–Kier alpha value is -2.83. The Kier molecular flexibility index (Phi) is 7.63. The van der Waals surface area contributed by atoms with Crippen LogP contribution in [0.5, 0.6) is 0 Å². The number of carbonyl (C=O) groups excluding carboxylic acids is 1. The van der Waals surface area contributed by atoms with Gasteiger partial charge in [-0.2, -0.15) is 0 Å². The normalized spacial score (nSPS) is 22.1. The third kappa shape index (κ3) is 5.93. The third-order valence-corrected chi connectivity index (χ3v) is 8.05. The number of nitrogens with one attached hydrogen (secondary N) is 1. The number of anilines is 1. The zero-order valence-corrected chi connectivity index (χ0v) is 21.4. The summed E-state index contributed by atoms with van der Waals surface area (Å²) < 4.78 is 13.2. The SMILES string of the molecule is C[C@@H]1CCC[C@H](C)N1Cc1ccc2cc(NC(=O)CN3CCC(c4ccc(F)cc4)CC3)ccc2n1. The van der Waals surface area contributed by atoms with Gasteiger partial charge in [0.2, 0.25) is 5.91 Å². The highest BCUT2D eigenvalue weighted by atomic mass is 19.1. The smallest absolute Gasteiger partial charge is 0.238 e. The number of aromatic nitrogens is 1. The molecule has 2 aromatic carbocycles. The Morgan fingerprint density at radius 1 is 0.972 bits per heavy atom. The minimum atomic E-state index is -0.195. The van der Waals surface area contributed by atoms with Gasteiger partial charge in [0.15, 0.2) is 0 Å². The second kappa shape index (κ2) is 11.1. The van der Waals surface area contributed by atoms with Crippen molar-refractivity contribution in [1.82, 2.24) is 14.8 Å². The molecule has 1 aromatic heterocycles. The Morgan fingerprint density at radius 3 is 2.42 bits per heavy atom. The molecule has 1 N–H and O–H groups in total. The first-order valence-corrected chi connectivity index (χ1v) is 13.4. The zero-order valence-electron chi connectivity index (χ0n) is 21.4. The molecule has 36 heavy (non-hydrogen) atoms. The van der Waals surface area contributed by atoms with Crippen LogP contribution in [0.3, 0.4) is 0 Å². The Balaban J connectivity index is 1.14. The maximum absolute atomic E-state index is 13.2. The number of halogens is 1. The number of benzene rings is 2. The van der Waals surface area contributed by atoms with E-state index in [-0.39, 0.29) is 11.7 Å². The molecule has 2 atom stereocenters. The Labute approximate surface area is 213 Å². The minimum Gasteiger partial charge on any atom is -0.325 e. The summed E-state index contributed by atoms with van der Waals surface area (Å²) in [6.07, 6.45) is 5.79.